The summed E-state index contributed by atoms with van der Waals surface area (Å²) >= 11 is 0. The monoisotopic (exact) mass is 316 g/mol. The van der Waals surface area contributed by atoms with E-state index in [2.05, 4.69) is 6.92 Å². The van der Waals surface area contributed by atoms with E-state index in [4.69, 9.17) is 10.5 Å². The Hall–Kier alpha value is -2.04. The Kier molecular flexibility index (Phi) is 4.55. The van der Waals surface area contributed by atoms with Crippen molar-refractivity contribution in [2.45, 2.75) is 51.1 Å². The maximum absolute atomic E-state index is 12.5. The van der Waals surface area contributed by atoms with Gasteiger partial charge in [0.2, 0.25) is 5.91 Å². The average molecular weight is 316 g/mol. The molecule has 5 nitrogen and oxygen atoms in total. The van der Waals surface area contributed by atoms with Crippen molar-refractivity contribution in [3.05, 3.63) is 29.8 Å². The van der Waals surface area contributed by atoms with E-state index in [0.717, 1.165) is 18.4 Å². The summed E-state index contributed by atoms with van der Waals surface area (Å²) < 4.78 is 5.63. The smallest absolute Gasteiger partial charge is 0.261 e. The summed E-state index contributed by atoms with van der Waals surface area (Å²) in [4.78, 5) is 25.4. The molecule has 5 heteroatoms. The molecule has 0 unspecified atom stereocenters. The van der Waals surface area contributed by atoms with Crippen LogP contribution in [0.4, 0.5) is 0 Å². The van der Waals surface area contributed by atoms with Crippen LogP contribution in [0.1, 0.15) is 38.2 Å². The predicted molar refractivity (Wildman–Crippen MR) is 86.9 cm³/mol. The first-order valence-electron chi connectivity index (χ1n) is 8.36. The van der Waals surface area contributed by atoms with Crippen LogP contribution in [-0.4, -0.2) is 35.4 Å². The lowest BCUT2D eigenvalue weighted by atomic mass is 10.1. The van der Waals surface area contributed by atoms with Crippen molar-refractivity contribution in [1.29, 1.82) is 0 Å². The molecule has 1 aromatic rings. The number of carbonyl (C=O) groups excluding carboxylic acids is 2. The second-order valence-electron chi connectivity index (χ2n) is 6.69. The van der Waals surface area contributed by atoms with Gasteiger partial charge < -0.3 is 15.4 Å². The van der Waals surface area contributed by atoms with Gasteiger partial charge in [0.25, 0.3) is 5.91 Å². The number of nitrogens with two attached hydrogens (primary N) is 1. The number of nitrogens with zero attached hydrogens (tertiary/aromatic N) is 1. The second-order valence-corrected chi connectivity index (χ2v) is 6.69. The third kappa shape index (κ3) is 4.24. The quantitative estimate of drug-likeness (QED) is 0.796. The molecular formula is C18H24N2O3. The SMILES string of the molecule is C[C@@H](C1CC1)N(C(=O)COc1ccc(CC(N)=O)cc1)C1CC1. The summed E-state index contributed by atoms with van der Waals surface area (Å²) in [6.07, 6.45) is 4.92. The molecule has 2 N–H and O–H groups in total. The molecule has 3 rings (SSSR count). The van der Waals surface area contributed by atoms with Gasteiger partial charge in [0.1, 0.15) is 5.75 Å². The highest BCUT2D eigenvalue weighted by atomic mass is 16.5. The van der Waals surface area contributed by atoms with Gasteiger partial charge in [-0.3, -0.25) is 9.59 Å². The topological polar surface area (TPSA) is 72.6 Å². The number of benzene rings is 1. The zero-order valence-corrected chi connectivity index (χ0v) is 13.5. The average Bonchev–Trinajstić information content (AvgIpc) is 3.37. The molecule has 2 fully saturated rings. The van der Waals surface area contributed by atoms with Crippen molar-refractivity contribution in [2.24, 2.45) is 11.7 Å². The maximum atomic E-state index is 12.5. The number of ether oxygens (including phenoxy) is 1. The van der Waals surface area contributed by atoms with Crippen molar-refractivity contribution in [2.75, 3.05) is 6.61 Å². The third-order valence-electron chi connectivity index (χ3n) is 4.64. The Morgan fingerprint density at radius 1 is 1.22 bits per heavy atom. The lowest BCUT2D eigenvalue weighted by Gasteiger charge is -2.29. The summed E-state index contributed by atoms with van der Waals surface area (Å²) in [5, 5.41) is 0. The van der Waals surface area contributed by atoms with Crippen LogP contribution in [0.25, 0.3) is 0 Å². The van der Waals surface area contributed by atoms with Crippen LogP contribution in [0.2, 0.25) is 0 Å². The normalized spacial score (nSPS) is 18.3. The Bertz CT molecular complexity index is 576. The van der Waals surface area contributed by atoms with E-state index in [1.165, 1.54) is 12.8 Å². The van der Waals surface area contributed by atoms with Crippen LogP contribution in [-0.2, 0) is 16.0 Å². The van der Waals surface area contributed by atoms with E-state index in [1.807, 2.05) is 4.90 Å². The Morgan fingerprint density at radius 3 is 2.39 bits per heavy atom. The number of hydrogen-bond acceptors (Lipinski definition) is 3. The lowest BCUT2D eigenvalue weighted by molar-refractivity contribution is -0.136. The minimum absolute atomic E-state index is 0.0721. The molecule has 0 radical (unpaired) electrons. The van der Waals surface area contributed by atoms with E-state index in [-0.39, 0.29) is 24.8 Å². The molecule has 0 heterocycles. The van der Waals surface area contributed by atoms with Gasteiger partial charge in [-0.15, -0.1) is 0 Å². The first-order valence-corrected chi connectivity index (χ1v) is 8.36. The minimum atomic E-state index is -0.358. The molecular weight excluding hydrogens is 292 g/mol. The zero-order chi connectivity index (χ0) is 16.4. The fraction of sp³-hybridized carbons (Fsp3) is 0.556. The largest absolute Gasteiger partial charge is 0.484 e. The van der Waals surface area contributed by atoms with Crippen molar-refractivity contribution in [1.82, 2.24) is 4.90 Å². The number of hydrogen-bond donors (Lipinski definition) is 1. The molecule has 0 saturated heterocycles. The van der Waals surface area contributed by atoms with Crippen LogP contribution in [0.15, 0.2) is 24.3 Å². The summed E-state index contributed by atoms with van der Waals surface area (Å²) in [7, 11) is 0. The Morgan fingerprint density at radius 2 is 1.87 bits per heavy atom. The molecule has 0 spiro atoms. The molecule has 2 aliphatic rings. The van der Waals surface area contributed by atoms with Gasteiger partial charge in [-0.05, 0) is 56.2 Å². The van der Waals surface area contributed by atoms with E-state index in [9.17, 15) is 9.59 Å². The highest BCUT2D eigenvalue weighted by molar-refractivity contribution is 5.79. The van der Waals surface area contributed by atoms with Gasteiger partial charge in [0.15, 0.2) is 6.61 Å². The summed E-state index contributed by atoms with van der Waals surface area (Å²) in [6, 6.07) is 7.90. The van der Waals surface area contributed by atoms with Crippen molar-refractivity contribution < 1.29 is 14.3 Å². The first-order chi connectivity index (χ1) is 11.0. The third-order valence-corrected chi connectivity index (χ3v) is 4.64. The predicted octanol–water partition coefficient (Wildman–Crippen LogP) is 1.88. The van der Waals surface area contributed by atoms with Gasteiger partial charge in [0.05, 0.1) is 6.42 Å². The van der Waals surface area contributed by atoms with E-state index in [1.54, 1.807) is 24.3 Å². The van der Waals surface area contributed by atoms with Crippen LogP contribution in [0.5, 0.6) is 5.75 Å². The van der Waals surface area contributed by atoms with E-state index in [0.29, 0.717) is 23.8 Å². The second kappa shape index (κ2) is 6.60. The number of primary amides is 1. The molecule has 1 aromatic carbocycles. The van der Waals surface area contributed by atoms with Gasteiger partial charge in [0, 0.05) is 12.1 Å². The van der Waals surface area contributed by atoms with E-state index >= 15 is 0 Å². The molecule has 0 aliphatic heterocycles. The highest BCUT2D eigenvalue weighted by Gasteiger charge is 2.41. The summed E-state index contributed by atoms with van der Waals surface area (Å²) in [5.41, 5.74) is 6.01. The van der Waals surface area contributed by atoms with Gasteiger partial charge in [-0.2, -0.15) is 0 Å². The van der Waals surface area contributed by atoms with Gasteiger partial charge in [-0.25, -0.2) is 0 Å². The minimum Gasteiger partial charge on any atom is -0.484 e. The highest BCUT2D eigenvalue weighted by Crippen LogP contribution is 2.39. The first kappa shape index (κ1) is 15.8. The van der Waals surface area contributed by atoms with Gasteiger partial charge >= 0.3 is 0 Å². The zero-order valence-electron chi connectivity index (χ0n) is 13.5. The number of amides is 2. The fourth-order valence-corrected chi connectivity index (χ4v) is 3.05. The van der Waals surface area contributed by atoms with Crippen LogP contribution < -0.4 is 10.5 Å². The van der Waals surface area contributed by atoms with Crippen LogP contribution in [0, 0.1) is 5.92 Å². The molecule has 1 atom stereocenters. The molecule has 124 valence electrons. The van der Waals surface area contributed by atoms with Crippen molar-refractivity contribution in [3.63, 3.8) is 0 Å². The van der Waals surface area contributed by atoms with Crippen LogP contribution in [0.3, 0.4) is 0 Å². The van der Waals surface area contributed by atoms with E-state index < -0.39 is 0 Å². The molecule has 0 aromatic heterocycles. The Labute approximate surface area is 136 Å². The Balaban J connectivity index is 1.54. The van der Waals surface area contributed by atoms with Crippen molar-refractivity contribution in [3.8, 4) is 5.75 Å². The number of rotatable bonds is 8. The van der Waals surface area contributed by atoms with Crippen molar-refractivity contribution >= 4 is 11.8 Å². The molecule has 23 heavy (non-hydrogen) atoms. The fourth-order valence-electron chi connectivity index (χ4n) is 3.05. The van der Waals surface area contributed by atoms with Gasteiger partial charge in [-0.1, -0.05) is 12.1 Å². The lowest BCUT2D eigenvalue weighted by Crippen LogP contribution is -2.44. The molecule has 0 bridgehead atoms. The molecule has 2 amide bonds. The van der Waals surface area contributed by atoms with Crippen LogP contribution >= 0.6 is 0 Å². The maximum Gasteiger partial charge on any atom is 0.261 e. The molecule has 2 saturated carbocycles. The molecule has 2 aliphatic carbocycles. The summed E-state index contributed by atoms with van der Waals surface area (Å²) in [5.74, 6) is 1.03. The summed E-state index contributed by atoms with van der Waals surface area (Å²) in [6.45, 7) is 2.23. The standard InChI is InChI=1S/C18H24N2O3/c1-12(14-4-5-14)20(15-6-7-15)18(22)11-23-16-8-2-13(3-9-16)10-17(19)21/h2-3,8-9,12,14-15H,4-7,10-11H2,1H3,(H2,19,21)/t12-/m0/s1. The number of carbonyl (C=O) groups is 2.